The van der Waals surface area contributed by atoms with Crippen molar-refractivity contribution in [3.8, 4) is 0 Å². The zero-order chi connectivity index (χ0) is 16.7. The summed E-state index contributed by atoms with van der Waals surface area (Å²) in [7, 11) is 0. The number of rotatable bonds is 6. The minimum absolute atomic E-state index is 0.0287. The Balaban J connectivity index is 1.46. The van der Waals surface area contributed by atoms with Gasteiger partial charge in [0.25, 0.3) is 0 Å². The van der Waals surface area contributed by atoms with Gasteiger partial charge in [0.2, 0.25) is 0 Å². The Hall–Kier alpha value is -2.18. The first-order chi connectivity index (χ1) is 10.9. The molecule has 2 aliphatic carbocycles. The minimum atomic E-state index is -0.666. The topological polar surface area (TPSA) is 96.0 Å². The lowest BCUT2D eigenvalue weighted by Crippen LogP contribution is -2.36. The predicted octanol–water partition coefficient (Wildman–Crippen LogP) is 0.558. The number of hydrogen-bond acceptors (Lipinski definition) is 7. The second kappa shape index (κ2) is 5.79. The molecule has 1 heterocycles. The summed E-state index contributed by atoms with van der Waals surface area (Å²) in [5.41, 5.74) is 0.297. The van der Waals surface area contributed by atoms with Crippen molar-refractivity contribution in [3.63, 3.8) is 0 Å². The largest absolute Gasteiger partial charge is 0.462 e. The molecule has 5 atom stereocenters. The summed E-state index contributed by atoms with van der Waals surface area (Å²) in [5.74, 6) is -2.59. The minimum Gasteiger partial charge on any atom is -0.462 e. The fourth-order valence-electron chi connectivity index (χ4n) is 3.57. The van der Waals surface area contributed by atoms with Gasteiger partial charge in [-0.25, -0.2) is 4.79 Å². The van der Waals surface area contributed by atoms with E-state index in [2.05, 4.69) is 6.58 Å². The first kappa shape index (κ1) is 15.7. The van der Waals surface area contributed by atoms with E-state index in [1.54, 1.807) is 6.92 Å². The average Bonchev–Trinajstić information content (AvgIpc) is 3.04. The Labute approximate surface area is 132 Å². The van der Waals surface area contributed by atoms with E-state index in [0.29, 0.717) is 18.4 Å². The number of Topliss-reactive ketones (excluding diaryl/α,β-unsaturated/α-hetero) is 1. The van der Waals surface area contributed by atoms with E-state index in [9.17, 15) is 19.2 Å². The summed E-state index contributed by atoms with van der Waals surface area (Å²) in [6.45, 7) is 5.09. The molecule has 0 aromatic carbocycles. The van der Waals surface area contributed by atoms with Crippen LogP contribution in [-0.2, 0) is 33.4 Å². The van der Waals surface area contributed by atoms with Crippen molar-refractivity contribution in [1.82, 2.24) is 0 Å². The van der Waals surface area contributed by atoms with Gasteiger partial charge in [-0.15, -0.1) is 0 Å². The van der Waals surface area contributed by atoms with Crippen molar-refractivity contribution < 1.29 is 33.4 Å². The van der Waals surface area contributed by atoms with E-state index in [0.717, 1.165) is 0 Å². The summed E-state index contributed by atoms with van der Waals surface area (Å²) in [5, 5.41) is 0. The lowest BCUT2D eigenvalue weighted by atomic mass is 9.88. The van der Waals surface area contributed by atoms with Crippen molar-refractivity contribution in [2.75, 3.05) is 6.61 Å². The van der Waals surface area contributed by atoms with Gasteiger partial charge >= 0.3 is 17.9 Å². The summed E-state index contributed by atoms with van der Waals surface area (Å²) < 4.78 is 15.4. The lowest BCUT2D eigenvalue weighted by Gasteiger charge is -2.23. The molecule has 7 nitrogen and oxygen atoms in total. The molecule has 0 aromatic heterocycles. The molecule has 124 valence electrons. The highest BCUT2D eigenvalue weighted by Gasteiger charge is 2.68. The van der Waals surface area contributed by atoms with Gasteiger partial charge in [-0.3, -0.25) is 14.4 Å². The van der Waals surface area contributed by atoms with Crippen molar-refractivity contribution >= 4 is 23.7 Å². The number of carbonyl (C=O) groups excluding carboxylic acids is 4. The standard InChI is InChI=1S/C16H18O7/c1-7(2)15(19)21-5-3-4-10(17)22-13-9-6-8-11(12(9)18)14(13)23-16(8)20/h8-9,11,13-14H,1,3-6H2,2H3. The molecule has 0 radical (unpaired) electrons. The summed E-state index contributed by atoms with van der Waals surface area (Å²) >= 11 is 0. The number of ether oxygens (including phenoxy) is 3. The summed E-state index contributed by atoms with van der Waals surface area (Å²) in [6, 6.07) is 0. The fraction of sp³-hybridized carbons (Fsp3) is 0.625. The number of hydrogen-bond donors (Lipinski definition) is 0. The molecule has 3 aliphatic rings. The van der Waals surface area contributed by atoms with Gasteiger partial charge < -0.3 is 14.2 Å². The molecule has 0 amide bonds. The molecular weight excluding hydrogens is 304 g/mol. The van der Waals surface area contributed by atoms with Crippen LogP contribution in [0.4, 0.5) is 0 Å². The number of ketones is 1. The number of esters is 3. The predicted molar refractivity (Wildman–Crippen MR) is 74.9 cm³/mol. The van der Waals surface area contributed by atoms with Crippen LogP contribution in [0, 0.1) is 17.8 Å². The van der Waals surface area contributed by atoms with Crippen molar-refractivity contribution in [2.24, 2.45) is 17.8 Å². The molecule has 2 bridgehead atoms. The van der Waals surface area contributed by atoms with Gasteiger partial charge in [0.05, 0.1) is 24.4 Å². The molecule has 5 unspecified atom stereocenters. The normalized spacial score (nSPS) is 33.5. The van der Waals surface area contributed by atoms with Crippen molar-refractivity contribution in [1.29, 1.82) is 0 Å². The molecule has 7 heteroatoms. The Morgan fingerprint density at radius 3 is 2.74 bits per heavy atom. The Kier molecular flexibility index (Phi) is 3.95. The third-order valence-corrected chi connectivity index (χ3v) is 4.64. The maximum Gasteiger partial charge on any atom is 0.333 e. The van der Waals surface area contributed by atoms with E-state index in [1.165, 1.54) is 0 Å². The van der Waals surface area contributed by atoms with Crippen LogP contribution >= 0.6 is 0 Å². The first-order valence-electron chi connectivity index (χ1n) is 7.66. The van der Waals surface area contributed by atoms with Gasteiger partial charge in [-0.05, 0) is 19.8 Å². The average molecular weight is 322 g/mol. The van der Waals surface area contributed by atoms with Crippen LogP contribution in [0.5, 0.6) is 0 Å². The Bertz CT molecular complexity index is 593. The van der Waals surface area contributed by atoms with E-state index in [-0.39, 0.29) is 30.7 Å². The molecule has 0 N–H and O–H groups in total. The van der Waals surface area contributed by atoms with Crippen LogP contribution < -0.4 is 0 Å². The molecule has 1 saturated heterocycles. The van der Waals surface area contributed by atoms with Crippen molar-refractivity contribution in [2.45, 2.75) is 38.4 Å². The highest BCUT2D eigenvalue weighted by Crippen LogP contribution is 2.53. The summed E-state index contributed by atoms with van der Waals surface area (Å²) in [4.78, 5) is 46.8. The van der Waals surface area contributed by atoms with Crippen LogP contribution in [0.2, 0.25) is 0 Å². The second-order valence-electron chi connectivity index (χ2n) is 6.25. The maximum absolute atomic E-state index is 12.1. The maximum atomic E-state index is 12.1. The highest BCUT2D eigenvalue weighted by atomic mass is 16.6. The van der Waals surface area contributed by atoms with Gasteiger partial charge in [0.1, 0.15) is 18.0 Å². The molecule has 0 aromatic rings. The molecule has 3 fully saturated rings. The number of fused-ring (bicyclic) bond motifs is 1. The number of carbonyl (C=O) groups is 4. The monoisotopic (exact) mass is 322 g/mol. The van der Waals surface area contributed by atoms with E-state index in [4.69, 9.17) is 14.2 Å². The van der Waals surface area contributed by atoms with Gasteiger partial charge in [-0.2, -0.15) is 0 Å². The summed E-state index contributed by atoms with van der Waals surface area (Å²) in [6.07, 6.45) is -0.493. The van der Waals surface area contributed by atoms with Crippen molar-refractivity contribution in [3.05, 3.63) is 12.2 Å². The van der Waals surface area contributed by atoms with Gasteiger partial charge in [-0.1, -0.05) is 6.58 Å². The second-order valence-corrected chi connectivity index (χ2v) is 6.25. The van der Waals surface area contributed by atoms with Crippen LogP contribution in [0.1, 0.15) is 26.2 Å². The molecule has 0 spiro atoms. The van der Waals surface area contributed by atoms with E-state index < -0.39 is 36.0 Å². The van der Waals surface area contributed by atoms with E-state index >= 15 is 0 Å². The molecule has 3 rings (SSSR count). The Morgan fingerprint density at radius 2 is 2.04 bits per heavy atom. The zero-order valence-electron chi connectivity index (χ0n) is 12.8. The molecular formula is C16H18O7. The van der Waals surface area contributed by atoms with Crippen LogP contribution in [0.25, 0.3) is 0 Å². The highest BCUT2D eigenvalue weighted by molar-refractivity contribution is 5.98. The third-order valence-electron chi connectivity index (χ3n) is 4.64. The van der Waals surface area contributed by atoms with Crippen LogP contribution in [-0.4, -0.2) is 42.5 Å². The smallest absolute Gasteiger partial charge is 0.333 e. The van der Waals surface area contributed by atoms with Crippen LogP contribution in [0.3, 0.4) is 0 Å². The SMILES string of the molecule is C=C(C)C(=O)OCCCC(=O)OC1C2CC3C(=O)OC1C3C2=O. The first-order valence-corrected chi connectivity index (χ1v) is 7.66. The Morgan fingerprint density at radius 1 is 1.30 bits per heavy atom. The van der Waals surface area contributed by atoms with Crippen LogP contribution in [0.15, 0.2) is 12.2 Å². The lowest BCUT2D eigenvalue weighted by molar-refractivity contribution is -0.162. The molecule has 23 heavy (non-hydrogen) atoms. The molecule has 2 saturated carbocycles. The molecule has 1 aliphatic heterocycles. The third kappa shape index (κ3) is 2.64. The van der Waals surface area contributed by atoms with E-state index in [1.807, 2.05) is 0 Å². The quantitative estimate of drug-likeness (QED) is 0.305. The fourth-order valence-corrected chi connectivity index (χ4v) is 3.57. The van der Waals surface area contributed by atoms with Gasteiger partial charge in [0, 0.05) is 12.0 Å². The zero-order valence-corrected chi connectivity index (χ0v) is 12.8. The van der Waals surface area contributed by atoms with Gasteiger partial charge in [0.15, 0.2) is 0 Å².